The average Bonchev–Trinajstić information content (AvgIpc) is 3.38. The van der Waals surface area contributed by atoms with E-state index in [0.29, 0.717) is 17.9 Å². The van der Waals surface area contributed by atoms with Gasteiger partial charge in [-0.05, 0) is 36.8 Å². The van der Waals surface area contributed by atoms with Crippen LogP contribution in [-0.4, -0.2) is 57.0 Å². The molecule has 2 aliphatic heterocycles. The first kappa shape index (κ1) is 27.0. The van der Waals surface area contributed by atoms with Gasteiger partial charge in [-0.1, -0.05) is 60.7 Å². The fraction of sp³-hybridized carbons (Fsp3) is 0.467. The lowest BCUT2D eigenvalue weighted by Gasteiger charge is -2.37. The Morgan fingerprint density at radius 3 is 1.47 bits per heavy atom. The smallest absolute Gasteiger partial charge is 0.233 e. The summed E-state index contributed by atoms with van der Waals surface area (Å²) in [5, 5.41) is 0. The minimum Gasteiger partial charge on any atom is -0.279 e. The van der Waals surface area contributed by atoms with E-state index in [0.717, 1.165) is 30.8 Å². The van der Waals surface area contributed by atoms with Crippen molar-refractivity contribution in [3.8, 4) is 0 Å². The van der Waals surface area contributed by atoms with Gasteiger partial charge in [0.25, 0.3) is 0 Å². The minimum absolute atomic E-state index is 0.0875. The van der Waals surface area contributed by atoms with Crippen LogP contribution in [0, 0.1) is 11.8 Å². The van der Waals surface area contributed by atoms with Crippen molar-refractivity contribution in [2.24, 2.45) is 11.8 Å². The Kier molecular flexibility index (Phi) is 8.89. The zero-order chi connectivity index (χ0) is 26.5. The minimum atomic E-state index is -0.294. The maximum Gasteiger partial charge on any atom is 0.233 e. The molecule has 0 aromatic heterocycles. The van der Waals surface area contributed by atoms with Crippen molar-refractivity contribution in [3.05, 3.63) is 71.8 Å². The number of imide groups is 2. The van der Waals surface area contributed by atoms with E-state index >= 15 is 0 Å². The van der Waals surface area contributed by atoms with E-state index in [1.807, 2.05) is 36.4 Å². The maximum absolute atomic E-state index is 13.2. The van der Waals surface area contributed by atoms with E-state index < -0.39 is 0 Å². The Balaban J connectivity index is 1.14. The van der Waals surface area contributed by atoms with E-state index in [9.17, 15) is 19.2 Å². The van der Waals surface area contributed by atoms with Gasteiger partial charge in [-0.2, -0.15) is 23.5 Å². The second-order valence-electron chi connectivity index (χ2n) is 10.5. The first-order valence-corrected chi connectivity index (χ1v) is 15.8. The third-order valence-electron chi connectivity index (χ3n) is 7.76. The van der Waals surface area contributed by atoms with Crippen molar-refractivity contribution in [1.82, 2.24) is 9.80 Å². The lowest BCUT2D eigenvalue weighted by Crippen LogP contribution is -2.50. The molecule has 6 nitrogen and oxygen atoms in total. The molecule has 3 aliphatic rings. The van der Waals surface area contributed by atoms with Crippen molar-refractivity contribution in [2.75, 3.05) is 11.5 Å². The second-order valence-corrected chi connectivity index (χ2v) is 12.5. The summed E-state index contributed by atoms with van der Waals surface area (Å²) in [6.07, 6.45) is 3.29. The van der Waals surface area contributed by atoms with Crippen molar-refractivity contribution < 1.29 is 19.2 Å². The number of nitrogens with zero attached hydrogens (tertiary/aromatic N) is 2. The maximum atomic E-state index is 13.2. The number of rotatable bonds is 10. The Hall–Kier alpha value is -2.58. The van der Waals surface area contributed by atoms with E-state index in [2.05, 4.69) is 24.3 Å². The predicted octanol–water partition coefficient (Wildman–Crippen LogP) is 4.91. The zero-order valence-corrected chi connectivity index (χ0v) is 23.1. The topological polar surface area (TPSA) is 74.8 Å². The van der Waals surface area contributed by atoms with Crippen LogP contribution in [0.3, 0.4) is 0 Å². The highest BCUT2D eigenvalue weighted by Crippen LogP contribution is 2.36. The highest BCUT2D eigenvalue weighted by molar-refractivity contribution is 7.98. The van der Waals surface area contributed by atoms with Crippen LogP contribution in [0.1, 0.15) is 49.7 Å². The largest absolute Gasteiger partial charge is 0.279 e. The molecule has 5 rings (SSSR count). The van der Waals surface area contributed by atoms with Crippen molar-refractivity contribution >= 4 is 47.2 Å². The fourth-order valence-electron chi connectivity index (χ4n) is 5.85. The van der Waals surface area contributed by atoms with Crippen LogP contribution in [0.2, 0.25) is 0 Å². The van der Waals surface area contributed by atoms with Gasteiger partial charge in [0.2, 0.25) is 23.6 Å². The molecule has 3 fully saturated rings. The summed E-state index contributed by atoms with van der Waals surface area (Å²) in [4.78, 5) is 55.3. The molecule has 1 saturated carbocycles. The highest BCUT2D eigenvalue weighted by atomic mass is 32.2. The molecule has 0 bridgehead atoms. The van der Waals surface area contributed by atoms with Gasteiger partial charge in [0, 0.05) is 47.9 Å². The van der Waals surface area contributed by atoms with Gasteiger partial charge in [0.1, 0.15) is 0 Å². The van der Waals surface area contributed by atoms with Crippen LogP contribution in [0.25, 0.3) is 0 Å². The predicted molar refractivity (Wildman–Crippen MR) is 151 cm³/mol. The third-order valence-corrected chi connectivity index (χ3v) is 10.1. The van der Waals surface area contributed by atoms with Gasteiger partial charge in [0.05, 0.1) is 11.8 Å². The summed E-state index contributed by atoms with van der Waals surface area (Å²) in [5.41, 5.74) is 2.41. The van der Waals surface area contributed by atoms with Crippen LogP contribution in [0.5, 0.6) is 0 Å². The van der Waals surface area contributed by atoms with Gasteiger partial charge in [-0.3, -0.25) is 29.0 Å². The molecule has 200 valence electrons. The van der Waals surface area contributed by atoms with E-state index in [1.54, 1.807) is 23.5 Å². The summed E-state index contributed by atoms with van der Waals surface area (Å²) < 4.78 is 0. The number of amides is 4. The molecule has 4 unspecified atom stereocenters. The van der Waals surface area contributed by atoms with Gasteiger partial charge < -0.3 is 0 Å². The molecule has 2 aromatic rings. The zero-order valence-electron chi connectivity index (χ0n) is 21.5. The lowest BCUT2D eigenvalue weighted by molar-refractivity contribution is -0.145. The number of thioether (sulfide) groups is 2. The molecule has 0 spiro atoms. The lowest BCUT2D eigenvalue weighted by atomic mass is 9.89. The van der Waals surface area contributed by atoms with Crippen LogP contribution in [-0.2, 0) is 30.7 Å². The molecule has 2 heterocycles. The van der Waals surface area contributed by atoms with Crippen molar-refractivity contribution in [3.63, 3.8) is 0 Å². The quantitative estimate of drug-likeness (QED) is 0.391. The first-order chi connectivity index (χ1) is 18.5. The standard InChI is InChI=1S/C30H34N2O4S2/c33-27-14-23(19-37-17-21-8-3-1-4-9-21)29(35)31(27)25-12-7-13-26(16-25)32-28(34)15-24(30(32)36)20-38-18-22-10-5-2-6-11-22/h1-6,8-11,23-26H,7,12-20H2. The second kappa shape index (κ2) is 12.5. The molecule has 0 N–H and O–H groups in total. The monoisotopic (exact) mass is 550 g/mol. The van der Waals surface area contributed by atoms with Crippen molar-refractivity contribution in [2.45, 2.75) is 62.1 Å². The van der Waals surface area contributed by atoms with Crippen LogP contribution < -0.4 is 0 Å². The number of carbonyl (C=O) groups excluding carboxylic acids is 4. The molecule has 0 radical (unpaired) electrons. The Morgan fingerprint density at radius 2 is 1.05 bits per heavy atom. The van der Waals surface area contributed by atoms with Gasteiger partial charge in [-0.25, -0.2) is 0 Å². The van der Waals surface area contributed by atoms with Gasteiger partial charge in [-0.15, -0.1) is 0 Å². The fourth-order valence-corrected chi connectivity index (χ4v) is 8.04. The molecule has 8 heteroatoms. The van der Waals surface area contributed by atoms with Gasteiger partial charge in [0.15, 0.2) is 0 Å². The Labute approximate surface area is 232 Å². The molecule has 2 aromatic carbocycles. The molecule has 38 heavy (non-hydrogen) atoms. The number of carbonyl (C=O) groups is 4. The summed E-state index contributed by atoms with van der Waals surface area (Å²) in [6, 6.07) is 19.8. The number of hydrogen-bond acceptors (Lipinski definition) is 6. The van der Waals surface area contributed by atoms with Crippen LogP contribution in [0.4, 0.5) is 0 Å². The Morgan fingerprint density at radius 1 is 0.632 bits per heavy atom. The van der Waals surface area contributed by atoms with E-state index in [1.165, 1.54) is 20.9 Å². The van der Waals surface area contributed by atoms with Gasteiger partial charge >= 0.3 is 0 Å². The summed E-state index contributed by atoms with van der Waals surface area (Å²) in [7, 11) is 0. The molecule has 1 aliphatic carbocycles. The van der Waals surface area contributed by atoms with E-state index in [4.69, 9.17) is 0 Å². The summed E-state index contributed by atoms with van der Waals surface area (Å²) in [5.74, 6) is 1.89. The molecule has 4 atom stereocenters. The number of likely N-dealkylation sites (tertiary alicyclic amines) is 2. The normalized spacial score (nSPS) is 26.0. The average molecular weight is 551 g/mol. The van der Waals surface area contributed by atoms with Crippen LogP contribution >= 0.6 is 23.5 Å². The highest BCUT2D eigenvalue weighted by Gasteiger charge is 2.47. The van der Waals surface area contributed by atoms with Crippen molar-refractivity contribution in [1.29, 1.82) is 0 Å². The Bertz CT molecular complexity index is 1070. The molecule has 4 amide bonds. The third kappa shape index (κ3) is 6.18. The number of hydrogen-bond donors (Lipinski definition) is 0. The molecular formula is C30H34N2O4S2. The molecule has 2 saturated heterocycles. The molecular weight excluding hydrogens is 516 g/mol. The van der Waals surface area contributed by atoms with Crippen LogP contribution in [0.15, 0.2) is 60.7 Å². The van der Waals surface area contributed by atoms with E-state index in [-0.39, 0.29) is 60.4 Å². The SMILES string of the molecule is O=C1CC(CSCc2ccccc2)C(=O)N1C1CCCC(N2C(=O)CC(CSCc3ccccc3)C2=O)C1. The summed E-state index contributed by atoms with van der Waals surface area (Å²) >= 11 is 3.37. The first-order valence-electron chi connectivity index (χ1n) is 13.5. The summed E-state index contributed by atoms with van der Waals surface area (Å²) in [6.45, 7) is 0. The number of benzene rings is 2.